The highest BCUT2D eigenvalue weighted by Gasteiger charge is 2.21. The lowest BCUT2D eigenvalue weighted by Gasteiger charge is -2.23. The monoisotopic (exact) mass is 464 g/mol. The number of aromatic nitrogens is 2. The van der Waals surface area contributed by atoms with Gasteiger partial charge in [-0.1, -0.05) is 25.6 Å². The van der Waals surface area contributed by atoms with Crippen LogP contribution in [-0.2, 0) is 24.2 Å². The second-order valence-electron chi connectivity index (χ2n) is 7.83. The summed E-state index contributed by atoms with van der Waals surface area (Å²) in [5.74, 6) is -2.32. The molecule has 2 aromatic rings. The van der Waals surface area contributed by atoms with Gasteiger partial charge in [-0.2, -0.15) is 4.98 Å². The molecule has 6 nitrogen and oxygen atoms in total. The number of thioether (sulfide) groups is 1. The summed E-state index contributed by atoms with van der Waals surface area (Å²) in [5, 5.41) is 3.16. The minimum atomic E-state index is -1.02. The number of hydrogen-bond donors (Lipinski definition) is 1. The SMILES string of the molecule is CCN(CC)CCCn1c2c(c(SCC(=O)Nc3ccc(F)c(F)c3)nc1=O)CCCC2. The lowest BCUT2D eigenvalue weighted by molar-refractivity contribution is -0.113. The van der Waals surface area contributed by atoms with E-state index < -0.39 is 11.6 Å². The topological polar surface area (TPSA) is 67.2 Å². The Labute approximate surface area is 191 Å². The molecule has 0 saturated carbocycles. The number of carbonyl (C=O) groups is 1. The van der Waals surface area contributed by atoms with Crippen molar-refractivity contribution in [1.29, 1.82) is 0 Å². The Balaban J connectivity index is 1.69. The molecule has 0 fully saturated rings. The zero-order valence-corrected chi connectivity index (χ0v) is 19.4. The van der Waals surface area contributed by atoms with Gasteiger partial charge in [0.15, 0.2) is 11.6 Å². The first-order valence-corrected chi connectivity index (χ1v) is 12.1. The fourth-order valence-corrected chi connectivity index (χ4v) is 4.87. The molecule has 0 atom stereocenters. The summed E-state index contributed by atoms with van der Waals surface area (Å²) in [6.07, 6.45) is 4.63. The molecule has 0 radical (unpaired) electrons. The van der Waals surface area contributed by atoms with Crippen LogP contribution in [0.25, 0.3) is 0 Å². The van der Waals surface area contributed by atoms with Gasteiger partial charge < -0.3 is 10.2 Å². The van der Waals surface area contributed by atoms with E-state index in [1.54, 1.807) is 0 Å². The smallest absolute Gasteiger partial charge is 0.325 e. The molecular weight excluding hydrogens is 434 g/mol. The number of amides is 1. The molecular formula is C23H30F2N4O2S. The van der Waals surface area contributed by atoms with Crippen molar-refractivity contribution in [2.45, 2.75) is 57.5 Å². The first kappa shape index (κ1) is 24.4. The molecule has 0 aliphatic heterocycles. The maximum absolute atomic E-state index is 13.3. The van der Waals surface area contributed by atoms with E-state index in [4.69, 9.17) is 0 Å². The van der Waals surface area contributed by atoms with Crippen molar-refractivity contribution < 1.29 is 13.6 Å². The molecule has 9 heteroatoms. The number of halogens is 2. The van der Waals surface area contributed by atoms with Gasteiger partial charge in [0.25, 0.3) is 0 Å². The second kappa shape index (κ2) is 11.6. The third kappa shape index (κ3) is 6.16. The maximum Gasteiger partial charge on any atom is 0.348 e. The molecule has 0 saturated heterocycles. The molecule has 1 aliphatic rings. The molecule has 3 rings (SSSR count). The lowest BCUT2D eigenvalue weighted by atomic mass is 9.97. The van der Waals surface area contributed by atoms with E-state index in [-0.39, 0.29) is 23.0 Å². The first-order valence-electron chi connectivity index (χ1n) is 11.2. The Morgan fingerprint density at radius 1 is 1.19 bits per heavy atom. The maximum atomic E-state index is 13.3. The van der Waals surface area contributed by atoms with Crippen LogP contribution >= 0.6 is 11.8 Å². The van der Waals surface area contributed by atoms with Crippen molar-refractivity contribution in [3.8, 4) is 0 Å². The van der Waals surface area contributed by atoms with Crippen LogP contribution in [0, 0.1) is 11.6 Å². The van der Waals surface area contributed by atoms with Crippen LogP contribution in [-0.4, -0.2) is 45.7 Å². The fourth-order valence-electron chi connectivity index (χ4n) is 3.99. The normalized spacial score (nSPS) is 13.3. The van der Waals surface area contributed by atoms with Gasteiger partial charge in [0, 0.05) is 29.6 Å². The van der Waals surface area contributed by atoms with E-state index in [0.29, 0.717) is 11.6 Å². The zero-order valence-electron chi connectivity index (χ0n) is 18.6. The first-order chi connectivity index (χ1) is 15.4. The Hall–Kier alpha value is -2.26. The molecule has 1 amide bonds. The van der Waals surface area contributed by atoms with Gasteiger partial charge in [-0.15, -0.1) is 0 Å². The number of carbonyl (C=O) groups excluding carboxylic acids is 1. The third-order valence-corrected chi connectivity index (χ3v) is 6.76. The number of nitrogens with zero attached hydrogens (tertiary/aromatic N) is 3. The molecule has 174 valence electrons. The van der Waals surface area contributed by atoms with Gasteiger partial charge in [0.1, 0.15) is 5.03 Å². The van der Waals surface area contributed by atoms with Crippen LogP contribution in [0.5, 0.6) is 0 Å². The van der Waals surface area contributed by atoms with Crippen molar-refractivity contribution >= 4 is 23.4 Å². The predicted octanol–water partition coefficient (Wildman–Crippen LogP) is 3.86. The summed E-state index contributed by atoms with van der Waals surface area (Å²) in [6.45, 7) is 7.83. The molecule has 0 spiro atoms. The number of fused-ring (bicyclic) bond motifs is 1. The largest absolute Gasteiger partial charge is 0.348 e. The van der Waals surface area contributed by atoms with Crippen molar-refractivity contribution in [3.05, 3.63) is 51.6 Å². The second-order valence-corrected chi connectivity index (χ2v) is 8.79. The van der Waals surface area contributed by atoms with Gasteiger partial charge in [0.2, 0.25) is 5.91 Å². The van der Waals surface area contributed by atoms with Crippen LogP contribution in [0.3, 0.4) is 0 Å². The van der Waals surface area contributed by atoms with Crippen LogP contribution in [0.4, 0.5) is 14.5 Å². The van der Waals surface area contributed by atoms with Crippen LogP contribution in [0.1, 0.15) is 44.4 Å². The molecule has 0 unspecified atom stereocenters. The summed E-state index contributed by atoms with van der Waals surface area (Å²) < 4.78 is 28.2. The Morgan fingerprint density at radius 3 is 2.66 bits per heavy atom. The van der Waals surface area contributed by atoms with Crippen LogP contribution in [0.15, 0.2) is 28.0 Å². The quantitative estimate of drug-likeness (QED) is 0.427. The molecule has 1 heterocycles. The lowest BCUT2D eigenvalue weighted by Crippen LogP contribution is -2.32. The highest BCUT2D eigenvalue weighted by atomic mass is 32.2. The molecule has 1 N–H and O–H groups in total. The number of hydrogen-bond acceptors (Lipinski definition) is 5. The number of benzene rings is 1. The van der Waals surface area contributed by atoms with Crippen molar-refractivity contribution in [2.24, 2.45) is 0 Å². The van der Waals surface area contributed by atoms with E-state index in [1.807, 2.05) is 4.57 Å². The molecule has 1 aliphatic carbocycles. The van der Waals surface area contributed by atoms with Gasteiger partial charge in [0.05, 0.1) is 5.75 Å². The average Bonchev–Trinajstić information content (AvgIpc) is 2.79. The summed E-state index contributed by atoms with van der Waals surface area (Å²) in [6, 6.07) is 3.22. The van der Waals surface area contributed by atoms with Crippen molar-refractivity contribution in [2.75, 3.05) is 30.7 Å². The molecule has 0 bridgehead atoms. The highest BCUT2D eigenvalue weighted by Crippen LogP contribution is 2.28. The fraction of sp³-hybridized carbons (Fsp3) is 0.522. The van der Waals surface area contributed by atoms with Gasteiger partial charge >= 0.3 is 5.69 Å². The van der Waals surface area contributed by atoms with E-state index in [2.05, 4.69) is 29.0 Å². The molecule has 1 aromatic carbocycles. The average molecular weight is 465 g/mol. The summed E-state index contributed by atoms with van der Waals surface area (Å²) in [4.78, 5) is 31.7. The zero-order chi connectivity index (χ0) is 23.1. The van der Waals surface area contributed by atoms with E-state index >= 15 is 0 Å². The molecule has 1 aromatic heterocycles. The minimum absolute atomic E-state index is 0.0316. The van der Waals surface area contributed by atoms with Gasteiger partial charge in [-0.3, -0.25) is 9.36 Å². The Morgan fingerprint density at radius 2 is 1.94 bits per heavy atom. The van der Waals surface area contributed by atoms with E-state index in [1.165, 1.54) is 17.8 Å². The highest BCUT2D eigenvalue weighted by molar-refractivity contribution is 8.00. The Kier molecular flexibility index (Phi) is 8.81. The van der Waals surface area contributed by atoms with Gasteiger partial charge in [-0.05, 0) is 63.9 Å². The minimum Gasteiger partial charge on any atom is -0.325 e. The Bertz CT molecular complexity index is 1010. The van der Waals surface area contributed by atoms with Crippen LogP contribution in [0.2, 0.25) is 0 Å². The standard InChI is InChI=1S/C23H30F2N4O2S/c1-3-28(4-2)12-7-13-29-20-9-6-5-8-17(20)22(27-23(29)31)32-15-21(30)26-16-10-11-18(24)19(25)14-16/h10-11,14H,3-9,12-13,15H2,1-2H3,(H,26,30). The number of nitrogens with one attached hydrogen (secondary N) is 1. The van der Waals surface area contributed by atoms with Gasteiger partial charge in [-0.25, -0.2) is 13.6 Å². The summed E-state index contributed by atoms with van der Waals surface area (Å²) in [7, 11) is 0. The number of rotatable bonds is 10. The summed E-state index contributed by atoms with van der Waals surface area (Å²) in [5.41, 5.74) is 2.02. The van der Waals surface area contributed by atoms with Crippen LogP contribution < -0.4 is 11.0 Å². The summed E-state index contributed by atoms with van der Waals surface area (Å²) >= 11 is 1.22. The number of anilines is 1. The van der Waals surface area contributed by atoms with Crippen molar-refractivity contribution in [3.63, 3.8) is 0 Å². The predicted molar refractivity (Wildman–Crippen MR) is 123 cm³/mol. The van der Waals surface area contributed by atoms with E-state index in [9.17, 15) is 18.4 Å². The van der Waals surface area contributed by atoms with E-state index in [0.717, 1.165) is 75.1 Å². The van der Waals surface area contributed by atoms with Crippen molar-refractivity contribution in [1.82, 2.24) is 14.5 Å². The third-order valence-electron chi connectivity index (χ3n) is 5.74. The molecule has 32 heavy (non-hydrogen) atoms.